The molecule has 110 valence electrons. The largest absolute Gasteiger partial charge is 0.481 e. The van der Waals surface area contributed by atoms with E-state index in [0.29, 0.717) is 12.1 Å². The summed E-state index contributed by atoms with van der Waals surface area (Å²) in [5, 5.41) is 11.5. The van der Waals surface area contributed by atoms with Crippen LogP contribution in [0, 0.1) is 5.82 Å². The van der Waals surface area contributed by atoms with Crippen LogP contribution in [0.25, 0.3) is 0 Å². The van der Waals surface area contributed by atoms with E-state index in [0.717, 1.165) is 6.42 Å². The highest BCUT2D eigenvalue weighted by Gasteiger charge is 2.18. The first kappa shape index (κ1) is 15.9. The van der Waals surface area contributed by atoms with E-state index in [1.165, 1.54) is 29.2 Å². The Labute approximate surface area is 117 Å². The van der Waals surface area contributed by atoms with Gasteiger partial charge in [-0.05, 0) is 30.7 Å². The van der Waals surface area contributed by atoms with Gasteiger partial charge in [0, 0.05) is 18.8 Å². The van der Waals surface area contributed by atoms with Crippen LogP contribution < -0.4 is 10.2 Å². The number of carbonyl (C=O) groups excluding carboxylic acids is 1. The molecule has 0 aromatic heterocycles. The zero-order valence-corrected chi connectivity index (χ0v) is 11.6. The fourth-order valence-corrected chi connectivity index (χ4v) is 1.84. The van der Waals surface area contributed by atoms with Crippen molar-refractivity contribution in [3.63, 3.8) is 0 Å². The third-order valence-electron chi connectivity index (χ3n) is 2.90. The molecular formula is C14H19FN2O3. The van der Waals surface area contributed by atoms with Gasteiger partial charge in [0.25, 0.3) is 0 Å². The lowest BCUT2D eigenvalue weighted by Crippen LogP contribution is -2.44. The first-order valence-corrected chi connectivity index (χ1v) is 6.45. The van der Waals surface area contributed by atoms with Crippen LogP contribution in [0.15, 0.2) is 24.3 Å². The molecule has 1 atom stereocenters. The first-order valence-electron chi connectivity index (χ1n) is 6.45. The second-order valence-corrected chi connectivity index (χ2v) is 4.57. The number of anilines is 1. The maximum absolute atomic E-state index is 12.8. The van der Waals surface area contributed by atoms with Crippen LogP contribution in [-0.4, -0.2) is 30.2 Å². The normalized spacial score (nSPS) is 11.8. The van der Waals surface area contributed by atoms with Crippen LogP contribution >= 0.6 is 0 Å². The van der Waals surface area contributed by atoms with Gasteiger partial charge in [0.15, 0.2) is 0 Å². The Balaban J connectivity index is 2.67. The number of hydrogen-bond acceptors (Lipinski definition) is 2. The summed E-state index contributed by atoms with van der Waals surface area (Å²) in [6, 6.07) is 4.69. The molecule has 2 N–H and O–H groups in total. The number of nitrogens with zero attached hydrogens (tertiary/aromatic N) is 1. The third kappa shape index (κ3) is 4.87. The standard InChI is InChI=1S/C14H19FN2O3/c1-3-4-11(9-13(18)19)16-14(20)17(2)12-7-5-10(15)6-8-12/h5-8,11H,3-4,9H2,1-2H3,(H,16,20)(H,18,19). The lowest BCUT2D eigenvalue weighted by Gasteiger charge is -2.22. The average molecular weight is 282 g/mol. The van der Waals surface area contributed by atoms with E-state index in [1.54, 1.807) is 7.05 Å². The Kier molecular flexibility index (Phi) is 5.96. The summed E-state index contributed by atoms with van der Waals surface area (Å²) in [5.74, 6) is -1.33. The van der Waals surface area contributed by atoms with E-state index in [2.05, 4.69) is 5.32 Å². The molecule has 0 radical (unpaired) electrons. The number of halogens is 1. The Hall–Kier alpha value is -2.11. The molecule has 1 aromatic carbocycles. The van der Waals surface area contributed by atoms with Crippen molar-refractivity contribution >= 4 is 17.7 Å². The lowest BCUT2D eigenvalue weighted by atomic mass is 10.1. The maximum Gasteiger partial charge on any atom is 0.321 e. The summed E-state index contributed by atoms with van der Waals surface area (Å²) < 4.78 is 12.8. The summed E-state index contributed by atoms with van der Waals surface area (Å²) in [6.45, 7) is 1.92. The maximum atomic E-state index is 12.8. The molecule has 2 amide bonds. The summed E-state index contributed by atoms with van der Waals surface area (Å²) >= 11 is 0. The highest BCUT2D eigenvalue weighted by atomic mass is 19.1. The van der Waals surface area contributed by atoms with Crippen molar-refractivity contribution in [3.8, 4) is 0 Å². The minimum Gasteiger partial charge on any atom is -0.481 e. The highest BCUT2D eigenvalue weighted by Crippen LogP contribution is 2.13. The van der Waals surface area contributed by atoms with E-state index in [1.807, 2.05) is 6.92 Å². The van der Waals surface area contributed by atoms with Crippen LogP contribution in [0.5, 0.6) is 0 Å². The number of amides is 2. The van der Waals surface area contributed by atoms with E-state index in [-0.39, 0.29) is 12.2 Å². The molecule has 0 bridgehead atoms. The predicted octanol–water partition coefficient (Wildman–Crippen LogP) is 2.61. The van der Waals surface area contributed by atoms with E-state index in [9.17, 15) is 14.0 Å². The Morgan fingerprint density at radius 2 is 1.95 bits per heavy atom. The van der Waals surface area contributed by atoms with Crippen molar-refractivity contribution < 1.29 is 19.1 Å². The first-order chi connectivity index (χ1) is 9.43. The van der Waals surface area contributed by atoms with Crippen LogP contribution in [0.4, 0.5) is 14.9 Å². The smallest absolute Gasteiger partial charge is 0.321 e. The second kappa shape index (κ2) is 7.47. The minimum absolute atomic E-state index is 0.114. The molecule has 1 rings (SSSR count). The van der Waals surface area contributed by atoms with E-state index < -0.39 is 18.0 Å². The molecule has 0 aliphatic rings. The molecule has 0 aliphatic heterocycles. The number of rotatable bonds is 6. The molecule has 0 heterocycles. The van der Waals surface area contributed by atoms with Gasteiger partial charge in [-0.2, -0.15) is 0 Å². The predicted molar refractivity (Wildman–Crippen MR) is 74.3 cm³/mol. The summed E-state index contributed by atoms with van der Waals surface area (Å²) in [5.41, 5.74) is 0.537. The molecule has 20 heavy (non-hydrogen) atoms. The molecule has 6 heteroatoms. The molecule has 0 spiro atoms. The number of benzene rings is 1. The third-order valence-corrected chi connectivity index (χ3v) is 2.90. The Morgan fingerprint density at radius 3 is 2.45 bits per heavy atom. The monoisotopic (exact) mass is 282 g/mol. The minimum atomic E-state index is -0.951. The number of hydrogen-bond donors (Lipinski definition) is 2. The van der Waals surface area contributed by atoms with Crippen molar-refractivity contribution in [3.05, 3.63) is 30.1 Å². The van der Waals surface area contributed by atoms with Gasteiger partial charge in [-0.25, -0.2) is 9.18 Å². The zero-order chi connectivity index (χ0) is 15.1. The average Bonchev–Trinajstić information content (AvgIpc) is 2.38. The number of nitrogens with one attached hydrogen (secondary N) is 1. The number of carboxylic acid groups (broad SMARTS) is 1. The molecule has 1 aromatic rings. The molecule has 0 saturated carbocycles. The van der Waals surface area contributed by atoms with Gasteiger partial charge in [-0.15, -0.1) is 0 Å². The van der Waals surface area contributed by atoms with Gasteiger partial charge in [0.05, 0.1) is 6.42 Å². The molecule has 1 unspecified atom stereocenters. The molecule has 0 aliphatic carbocycles. The number of carboxylic acids is 1. The summed E-state index contributed by atoms with van der Waals surface area (Å²) in [4.78, 5) is 24.1. The summed E-state index contributed by atoms with van der Waals surface area (Å²) in [6.07, 6.45) is 1.25. The van der Waals surface area contributed by atoms with Crippen molar-refractivity contribution in [2.24, 2.45) is 0 Å². The van der Waals surface area contributed by atoms with Gasteiger partial charge < -0.3 is 10.4 Å². The van der Waals surface area contributed by atoms with Crippen LogP contribution in [0.2, 0.25) is 0 Å². The Bertz CT molecular complexity index is 462. The van der Waals surface area contributed by atoms with E-state index in [4.69, 9.17) is 5.11 Å². The molecule has 0 saturated heterocycles. The topological polar surface area (TPSA) is 69.6 Å². The van der Waals surface area contributed by atoms with Crippen molar-refractivity contribution in [1.82, 2.24) is 5.32 Å². The number of aliphatic carboxylic acids is 1. The van der Waals surface area contributed by atoms with Crippen LogP contribution in [0.3, 0.4) is 0 Å². The van der Waals surface area contributed by atoms with Crippen LogP contribution in [-0.2, 0) is 4.79 Å². The lowest BCUT2D eigenvalue weighted by molar-refractivity contribution is -0.137. The Morgan fingerprint density at radius 1 is 1.35 bits per heavy atom. The second-order valence-electron chi connectivity index (χ2n) is 4.57. The zero-order valence-electron chi connectivity index (χ0n) is 11.6. The molecular weight excluding hydrogens is 263 g/mol. The number of urea groups is 1. The fraction of sp³-hybridized carbons (Fsp3) is 0.429. The summed E-state index contributed by atoms with van der Waals surface area (Å²) in [7, 11) is 1.55. The van der Waals surface area contributed by atoms with Crippen LogP contribution in [0.1, 0.15) is 26.2 Å². The van der Waals surface area contributed by atoms with Gasteiger partial charge in [-0.1, -0.05) is 13.3 Å². The van der Waals surface area contributed by atoms with Crippen molar-refractivity contribution in [2.45, 2.75) is 32.2 Å². The van der Waals surface area contributed by atoms with Gasteiger partial charge in [-0.3, -0.25) is 9.69 Å². The molecule has 0 fully saturated rings. The van der Waals surface area contributed by atoms with Crippen molar-refractivity contribution in [1.29, 1.82) is 0 Å². The SMILES string of the molecule is CCCC(CC(=O)O)NC(=O)N(C)c1ccc(F)cc1. The van der Waals surface area contributed by atoms with Crippen molar-refractivity contribution in [2.75, 3.05) is 11.9 Å². The van der Waals surface area contributed by atoms with Gasteiger partial charge in [0.1, 0.15) is 5.82 Å². The molecule has 5 nitrogen and oxygen atoms in total. The fourth-order valence-electron chi connectivity index (χ4n) is 1.84. The van der Waals surface area contributed by atoms with Gasteiger partial charge >= 0.3 is 12.0 Å². The highest BCUT2D eigenvalue weighted by molar-refractivity contribution is 5.91. The number of carbonyl (C=O) groups is 2. The quantitative estimate of drug-likeness (QED) is 0.842. The van der Waals surface area contributed by atoms with E-state index >= 15 is 0 Å². The van der Waals surface area contributed by atoms with Gasteiger partial charge in [0.2, 0.25) is 0 Å².